The van der Waals surface area contributed by atoms with E-state index in [-0.39, 0.29) is 40.3 Å². The minimum Gasteiger partial charge on any atom is -0.462 e. The largest absolute Gasteiger partial charge is 0.462 e. The van der Waals surface area contributed by atoms with Gasteiger partial charge >= 0.3 is 17.9 Å². The van der Waals surface area contributed by atoms with Crippen molar-refractivity contribution in [3.8, 4) is 0 Å². The molecule has 2 saturated heterocycles. The molecule has 0 saturated carbocycles. The Morgan fingerprint density at radius 3 is 2.64 bits per heavy atom. The van der Waals surface area contributed by atoms with Crippen LogP contribution in [0.3, 0.4) is 0 Å². The maximum Gasteiger partial charge on any atom is 0.358 e. The SMILES string of the molecule is CC(=O)O[C@H](C)[C@H]1C(=O)N2C3=C(SC4CNC(C4)C(=O)Nc4cccc(c4)C(=O)OCOCOC3=O)[C@H](C)[C@H]12. The van der Waals surface area contributed by atoms with Gasteiger partial charge in [0, 0.05) is 35.2 Å². The van der Waals surface area contributed by atoms with Crippen molar-refractivity contribution < 1.29 is 42.9 Å². The fourth-order valence-corrected chi connectivity index (χ4v) is 6.97. The van der Waals surface area contributed by atoms with Crippen LogP contribution in [0.4, 0.5) is 5.69 Å². The normalized spacial score (nSPS) is 30.1. The molecule has 0 spiro atoms. The van der Waals surface area contributed by atoms with E-state index in [0.717, 1.165) is 0 Å². The average Bonchev–Trinajstić information content (AvgIpc) is 3.44. The van der Waals surface area contributed by atoms with Gasteiger partial charge in [0.25, 0.3) is 0 Å². The van der Waals surface area contributed by atoms with Gasteiger partial charge in [-0.2, -0.15) is 0 Å². The zero-order chi connectivity index (χ0) is 27.8. The summed E-state index contributed by atoms with van der Waals surface area (Å²) in [5.74, 6) is -3.34. The molecular weight excluding hydrogens is 530 g/mol. The molecule has 0 radical (unpaired) electrons. The minimum atomic E-state index is -0.751. The van der Waals surface area contributed by atoms with E-state index in [4.69, 9.17) is 18.9 Å². The van der Waals surface area contributed by atoms with Gasteiger partial charge in [0.2, 0.25) is 11.8 Å². The number of cyclic esters (lactones) is 2. The third-order valence-corrected chi connectivity index (χ3v) is 8.76. The van der Waals surface area contributed by atoms with E-state index in [9.17, 15) is 24.0 Å². The molecule has 2 N–H and O–H groups in total. The molecule has 12 nitrogen and oxygen atoms in total. The Balaban J connectivity index is 1.40. The molecule has 4 aliphatic rings. The van der Waals surface area contributed by atoms with Crippen molar-refractivity contribution in [2.75, 3.05) is 25.4 Å². The molecule has 4 heterocycles. The number of hydrogen-bond donors (Lipinski definition) is 2. The van der Waals surface area contributed by atoms with Crippen molar-refractivity contribution in [3.05, 3.63) is 40.4 Å². The first-order chi connectivity index (χ1) is 18.7. The summed E-state index contributed by atoms with van der Waals surface area (Å²) in [4.78, 5) is 65.4. The van der Waals surface area contributed by atoms with E-state index >= 15 is 0 Å². The molecule has 4 aliphatic heterocycles. The van der Waals surface area contributed by atoms with Gasteiger partial charge in [-0.1, -0.05) is 13.0 Å². The first-order valence-electron chi connectivity index (χ1n) is 12.6. The van der Waals surface area contributed by atoms with E-state index < -0.39 is 49.6 Å². The summed E-state index contributed by atoms with van der Waals surface area (Å²) in [5.41, 5.74) is 0.795. The number of ether oxygens (including phenoxy) is 4. The third kappa shape index (κ3) is 5.25. The van der Waals surface area contributed by atoms with Crippen molar-refractivity contribution >= 4 is 47.2 Å². The van der Waals surface area contributed by atoms with Crippen LogP contribution in [0.2, 0.25) is 0 Å². The lowest BCUT2D eigenvalue weighted by molar-refractivity contribution is -0.175. The lowest BCUT2D eigenvalue weighted by Crippen LogP contribution is -2.64. The molecule has 2 amide bonds. The second-order valence-electron chi connectivity index (χ2n) is 9.85. The quantitative estimate of drug-likeness (QED) is 0.307. The fourth-order valence-electron chi connectivity index (χ4n) is 5.49. The Morgan fingerprint density at radius 1 is 1.15 bits per heavy atom. The van der Waals surface area contributed by atoms with Gasteiger partial charge in [-0.05, 0) is 31.5 Å². The zero-order valence-electron chi connectivity index (χ0n) is 21.6. The van der Waals surface area contributed by atoms with Crippen molar-refractivity contribution in [1.82, 2.24) is 10.2 Å². The van der Waals surface area contributed by atoms with Crippen LogP contribution in [0.1, 0.15) is 37.6 Å². The van der Waals surface area contributed by atoms with Gasteiger partial charge < -0.3 is 34.5 Å². The average molecular weight is 560 g/mol. The predicted molar refractivity (Wildman–Crippen MR) is 137 cm³/mol. The Bertz CT molecular complexity index is 1250. The van der Waals surface area contributed by atoms with Crippen LogP contribution in [0, 0.1) is 11.8 Å². The molecule has 5 rings (SSSR count). The number of β-lactam (4-membered cyclic amide) rings is 1. The van der Waals surface area contributed by atoms with E-state index in [1.165, 1.54) is 29.7 Å². The molecule has 208 valence electrons. The van der Waals surface area contributed by atoms with Gasteiger partial charge in [-0.3, -0.25) is 14.4 Å². The Kier molecular flexibility index (Phi) is 7.65. The Morgan fingerprint density at radius 2 is 1.90 bits per heavy atom. The van der Waals surface area contributed by atoms with E-state index in [1.807, 2.05) is 6.92 Å². The number of anilines is 1. The molecule has 13 heteroatoms. The van der Waals surface area contributed by atoms with Gasteiger partial charge in [-0.25, -0.2) is 9.59 Å². The molecule has 2 fully saturated rings. The monoisotopic (exact) mass is 559 g/mol. The van der Waals surface area contributed by atoms with Crippen LogP contribution < -0.4 is 10.6 Å². The molecular formula is C26H29N3O9S. The lowest BCUT2D eigenvalue weighted by atomic mass is 9.79. The summed E-state index contributed by atoms with van der Waals surface area (Å²) in [5, 5.41) is 5.99. The van der Waals surface area contributed by atoms with Gasteiger partial charge in [0.15, 0.2) is 13.6 Å². The van der Waals surface area contributed by atoms with Crippen LogP contribution in [-0.2, 0) is 38.1 Å². The maximum atomic E-state index is 13.2. The summed E-state index contributed by atoms with van der Waals surface area (Å²) in [6.45, 7) is 4.40. The Labute approximate surface area is 228 Å². The molecule has 6 atom stereocenters. The number of amides is 2. The zero-order valence-corrected chi connectivity index (χ0v) is 22.4. The molecule has 1 aromatic rings. The number of benzene rings is 1. The van der Waals surface area contributed by atoms with Crippen LogP contribution in [0.15, 0.2) is 34.9 Å². The number of carbonyl (C=O) groups excluding carboxylic acids is 5. The number of carbonyl (C=O) groups is 5. The van der Waals surface area contributed by atoms with Crippen LogP contribution in [0.25, 0.3) is 0 Å². The van der Waals surface area contributed by atoms with E-state index in [2.05, 4.69) is 10.6 Å². The van der Waals surface area contributed by atoms with Crippen LogP contribution in [-0.4, -0.2) is 78.2 Å². The standard InChI is InChI=1S/C26H29N3O9S/c1-12-20-19(13(2)38-14(3)30)24(32)29(20)21-22(12)39-17-8-18(27-9-17)23(31)28-16-6-4-5-15(7-16)25(33)36-10-35-11-37-26(21)34/h4-7,12-13,17-20,27H,8-11H2,1-3H3,(H,28,31)/t12-,13-,17?,18?,19-,20-/m1/s1. The van der Waals surface area contributed by atoms with Crippen LogP contribution >= 0.6 is 11.8 Å². The summed E-state index contributed by atoms with van der Waals surface area (Å²) in [6, 6.07) is 5.49. The molecule has 2 unspecified atom stereocenters. The van der Waals surface area contributed by atoms with Crippen molar-refractivity contribution in [2.45, 2.75) is 50.6 Å². The van der Waals surface area contributed by atoms with Crippen molar-refractivity contribution in [3.63, 3.8) is 0 Å². The number of rotatable bonds is 2. The highest BCUT2D eigenvalue weighted by atomic mass is 32.2. The second kappa shape index (κ2) is 11.0. The van der Waals surface area contributed by atoms with Gasteiger partial charge in [0.1, 0.15) is 11.8 Å². The maximum absolute atomic E-state index is 13.2. The number of fused-ring (bicyclic) bond motifs is 6. The number of esters is 3. The third-order valence-electron chi connectivity index (χ3n) is 7.25. The van der Waals surface area contributed by atoms with Crippen molar-refractivity contribution in [1.29, 1.82) is 0 Å². The highest BCUT2D eigenvalue weighted by Crippen LogP contribution is 2.52. The first kappa shape index (κ1) is 27.2. The topological polar surface area (TPSA) is 150 Å². The lowest BCUT2D eigenvalue weighted by Gasteiger charge is -2.47. The van der Waals surface area contributed by atoms with Crippen LogP contribution in [0.5, 0.6) is 0 Å². The van der Waals surface area contributed by atoms with E-state index in [0.29, 0.717) is 23.6 Å². The highest BCUT2D eigenvalue weighted by molar-refractivity contribution is 8.03. The predicted octanol–water partition coefficient (Wildman–Crippen LogP) is 1.37. The fraction of sp³-hybridized carbons (Fsp3) is 0.500. The van der Waals surface area contributed by atoms with Gasteiger partial charge in [-0.15, -0.1) is 11.8 Å². The molecule has 1 aromatic carbocycles. The first-order valence-corrected chi connectivity index (χ1v) is 13.5. The summed E-state index contributed by atoms with van der Waals surface area (Å²) >= 11 is 1.44. The molecule has 0 aromatic heterocycles. The molecule has 0 aliphatic carbocycles. The summed E-state index contributed by atoms with van der Waals surface area (Å²) in [7, 11) is 0. The smallest absolute Gasteiger partial charge is 0.358 e. The minimum absolute atomic E-state index is 0.0596. The number of nitrogens with one attached hydrogen (secondary N) is 2. The number of thioether (sulfide) groups is 1. The number of hydrogen-bond acceptors (Lipinski definition) is 11. The van der Waals surface area contributed by atoms with Crippen molar-refractivity contribution in [2.24, 2.45) is 11.8 Å². The second-order valence-corrected chi connectivity index (χ2v) is 11.2. The number of nitrogens with zero attached hydrogens (tertiary/aromatic N) is 1. The summed E-state index contributed by atoms with van der Waals surface area (Å²) < 4.78 is 20.9. The van der Waals surface area contributed by atoms with E-state index in [1.54, 1.807) is 25.1 Å². The molecule has 4 bridgehead atoms. The highest BCUT2D eigenvalue weighted by Gasteiger charge is 2.61. The molecule has 39 heavy (non-hydrogen) atoms. The van der Waals surface area contributed by atoms with Gasteiger partial charge in [0.05, 0.1) is 23.6 Å². The Hall–Kier alpha value is -3.42. The summed E-state index contributed by atoms with van der Waals surface area (Å²) in [6.07, 6.45) is -0.182.